The molecule has 0 saturated heterocycles. The van der Waals surface area contributed by atoms with Gasteiger partial charge < -0.3 is 13.8 Å². The third-order valence-corrected chi connectivity index (χ3v) is 5.28. The molecule has 0 unspecified atom stereocenters. The number of carbonyl (C=O) groups is 1. The second-order valence-corrected chi connectivity index (χ2v) is 7.98. The van der Waals surface area contributed by atoms with Crippen molar-refractivity contribution in [2.24, 2.45) is 0 Å². The number of thioether (sulfide) groups is 1. The topological polar surface area (TPSA) is 61.8 Å². The number of hydrogen-bond acceptors (Lipinski definition) is 6. The minimum absolute atomic E-state index is 0.140. The van der Waals surface area contributed by atoms with Crippen molar-refractivity contribution in [2.45, 2.75) is 40.2 Å². The van der Waals surface area contributed by atoms with Gasteiger partial charge in [0.2, 0.25) is 0 Å². The lowest BCUT2D eigenvalue weighted by Gasteiger charge is -2.20. The van der Waals surface area contributed by atoms with E-state index < -0.39 is 13.2 Å². The number of hydrogen-bond donors (Lipinski definition) is 0. The van der Waals surface area contributed by atoms with Crippen molar-refractivity contribution >= 4 is 25.3 Å². The molecular formula is C11H23O5PS. The van der Waals surface area contributed by atoms with Crippen molar-refractivity contribution in [3.8, 4) is 0 Å². The van der Waals surface area contributed by atoms with Crippen LogP contribution in [0.15, 0.2) is 0 Å². The molecule has 0 aliphatic carbocycles. The first-order valence-corrected chi connectivity index (χ1v) is 8.78. The number of ether oxygens (including phenoxy) is 1. The first kappa shape index (κ1) is 18.0. The Morgan fingerprint density at radius 1 is 1.17 bits per heavy atom. The van der Waals surface area contributed by atoms with Gasteiger partial charge in [0.1, 0.15) is 5.60 Å². The molecule has 0 aromatic rings. The van der Waals surface area contributed by atoms with Crippen LogP contribution in [0.2, 0.25) is 0 Å². The molecule has 0 atom stereocenters. The van der Waals surface area contributed by atoms with E-state index in [4.69, 9.17) is 13.8 Å². The van der Waals surface area contributed by atoms with Gasteiger partial charge in [-0.05, 0) is 34.6 Å². The molecule has 0 heterocycles. The zero-order valence-corrected chi connectivity index (χ0v) is 13.4. The van der Waals surface area contributed by atoms with Gasteiger partial charge in [-0.25, -0.2) is 0 Å². The van der Waals surface area contributed by atoms with Crippen molar-refractivity contribution in [3.05, 3.63) is 0 Å². The average Bonchev–Trinajstić information content (AvgIpc) is 2.14. The van der Waals surface area contributed by atoms with Gasteiger partial charge in [-0.1, -0.05) is 0 Å². The molecule has 0 bridgehead atoms. The minimum atomic E-state index is -3.07. The van der Waals surface area contributed by atoms with Crippen LogP contribution in [0.5, 0.6) is 0 Å². The zero-order chi connectivity index (χ0) is 14.2. The van der Waals surface area contributed by atoms with E-state index in [0.717, 1.165) is 0 Å². The highest BCUT2D eigenvalue weighted by molar-refractivity contribution is 8.05. The predicted molar refractivity (Wildman–Crippen MR) is 74.0 cm³/mol. The van der Waals surface area contributed by atoms with E-state index in [2.05, 4.69) is 0 Å². The third-order valence-electron chi connectivity index (χ3n) is 1.54. The molecule has 5 nitrogen and oxygen atoms in total. The van der Waals surface area contributed by atoms with Crippen LogP contribution in [0.25, 0.3) is 0 Å². The SMILES string of the molecule is CCOP(=O)(CSCC(=O)OC(C)(C)C)OCC. The van der Waals surface area contributed by atoms with E-state index >= 15 is 0 Å². The number of esters is 1. The van der Waals surface area contributed by atoms with Gasteiger partial charge >= 0.3 is 13.6 Å². The van der Waals surface area contributed by atoms with Gasteiger partial charge in [0.25, 0.3) is 0 Å². The second-order valence-electron chi connectivity index (χ2n) is 4.51. The average molecular weight is 298 g/mol. The Balaban J connectivity index is 4.07. The van der Waals surface area contributed by atoms with Gasteiger partial charge in [-0.15, -0.1) is 11.8 Å². The van der Waals surface area contributed by atoms with E-state index in [9.17, 15) is 9.36 Å². The summed E-state index contributed by atoms with van der Waals surface area (Å²) < 4.78 is 27.4. The lowest BCUT2D eigenvalue weighted by atomic mass is 10.2. The van der Waals surface area contributed by atoms with Gasteiger partial charge in [0.15, 0.2) is 0 Å². The molecule has 0 saturated carbocycles. The van der Waals surface area contributed by atoms with Gasteiger partial charge in [-0.3, -0.25) is 9.36 Å². The highest BCUT2D eigenvalue weighted by atomic mass is 32.2. The summed E-state index contributed by atoms with van der Waals surface area (Å²) in [4.78, 5) is 11.4. The number of carbonyl (C=O) groups excluding carboxylic acids is 1. The quantitative estimate of drug-likeness (QED) is 0.506. The summed E-state index contributed by atoms with van der Waals surface area (Å²) in [7, 11) is -3.07. The Labute approximate surface area is 113 Å². The van der Waals surface area contributed by atoms with Gasteiger partial charge in [0, 0.05) is 0 Å². The Bertz CT molecular complexity index is 290. The fraction of sp³-hybridized carbons (Fsp3) is 0.909. The molecule has 0 aliphatic rings. The molecule has 0 fully saturated rings. The van der Waals surface area contributed by atoms with E-state index in [1.54, 1.807) is 34.6 Å². The summed E-state index contributed by atoms with van der Waals surface area (Å²) in [5.41, 5.74) is -0.338. The molecule has 0 aromatic carbocycles. The van der Waals surface area contributed by atoms with E-state index in [1.165, 1.54) is 11.8 Å². The lowest BCUT2D eigenvalue weighted by molar-refractivity contribution is -0.151. The Kier molecular flexibility index (Phi) is 8.19. The standard InChI is InChI=1S/C11H23O5PS/c1-6-14-17(13,15-7-2)9-18-8-10(12)16-11(3,4)5/h6-9H2,1-5H3. The number of rotatable bonds is 8. The van der Waals surface area contributed by atoms with Crippen LogP contribution in [-0.4, -0.2) is 36.0 Å². The van der Waals surface area contributed by atoms with Crippen molar-refractivity contribution in [2.75, 3.05) is 24.5 Å². The molecule has 108 valence electrons. The largest absolute Gasteiger partial charge is 0.459 e. The Morgan fingerprint density at radius 2 is 1.67 bits per heavy atom. The van der Waals surface area contributed by atoms with Crippen molar-refractivity contribution in [3.63, 3.8) is 0 Å². The molecule has 18 heavy (non-hydrogen) atoms. The highest BCUT2D eigenvalue weighted by Gasteiger charge is 2.24. The molecule has 0 amide bonds. The van der Waals surface area contributed by atoms with Crippen LogP contribution >= 0.6 is 19.4 Å². The van der Waals surface area contributed by atoms with Crippen LogP contribution in [0, 0.1) is 0 Å². The maximum atomic E-state index is 12.1. The summed E-state index contributed by atoms with van der Waals surface area (Å²) in [6.07, 6.45) is 0. The van der Waals surface area contributed by atoms with E-state index in [1.807, 2.05) is 0 Å². The fourth-order valence-electron chi connectivity index (χ4n) is 1.12. The summed E-state index contributed by atoms with van der Waals surface area (Å²) >= 11 is 1.20. The van der Waals surface area contributed by atoms with Gasteiger partial charge in [0.05, 0.1) is 24.5 Å². The van der Waals surface area contributed by atoms with Crippen LogP contribution in [0.4, 0.5) is 0 Å². The second kappa shape index (κ2) is 8.20. The summed E-state index contributed by atoms with van der Waals surface area (Å²) in [6, 6.07) is 0. The zero-order valence-electron chi connectivity index (χ0n) is 11.7. The predicted octanol–water partition coefficient (Wildman–Crippen LogP) is 3.28. The normalized spacial score (nSPS) is 12.5. The molecule has 7 heteroatoms. The minimum Gasteiger partial charge on any atom is -0.459 e. The van der Waals surface area contributed by atoms with Crippen LogP contribution in [-0.2, 0) is 23.1 Å². The summed E-state index contributed by atoms with van der Waals surface area (Å²) in [6.45, 7) is 9.57. The molecule has 0 rings (SSSR count). The van der Waals surface area contributed by atoms with Crippen LogP contribution < -0.4 is 0 Å². The molecule has 0 N–H and O–H groups in total. The first-order chi connectivity index (χ1) is 8.22. The first-order valence-electron chi connectivity index (χ1n) is 5.90. The third kappa shape index (κ3) is 8.97. The summed E-state index contributed by atoms with van der Waals surface area (Å²) in [5, 5.41) is 0. The monoisotopic (exact) mass is 298 g/mol. The highest BCUT2D eigenvalue weighted by Crippen LogP contribution is 2.50. The molecule has 0 radical (unpaired) electrons. The smallest absolute Gasteiger partial charge is 0.340 e. The molecule has 0 spiro atoms. The maximum Gasteiger partial charge on any atom is 0.340 e. The van der Waals surface area contributed by atoms with E-state index in [0.29, 0.717) is 13.2 Å². The maximum absolute atomic E-state index is 12.1. The van der Waals surface area contributed by atoms with Crippen LogP contribution in [0.3, 0.4) is 0 Å². The van der Waals surface area contributed by atoms with Gasteiger partial charge in [-0.2, -0.15) is 0 Å². The molecule has 0 aromatic heterocycles. The fourth-order valence-corrected chi connectivity index (χ4v) is 4.06. The lowest BCUT2D eigenvalue weighted by Crippen LogP contribution is -2.25. The summed E-state index contributed by atoms with van der Waals surface area (Å²) in [5.74, 6) is -0.187. The van der Waals surface area contributed by atoms with Crippen LogP contribution in [0.1, 0.15) is 34.6 Å². The van der Waals surface area contributed by atoms with Crippen molar-refractivity contribution < 1.29 is 23.1 Å². The Morgan fingerprint density at radius 3 is 2.06 bits per heavy atom. The van der Waals surface area contributed by atoms with Crippen molar-refractivity contribution in [1.29, 1.82) is 0 Å². The van der Waals surface area contributed by atoms with Crippen molar-refractivity contribution in [1.82, 2.24) is 0 Å². The Hall–Kier alpha value is -0.0300. The molecule has 0 aliphatic heterocycles. The molecular weight excluding hydrogens is 275 g/mol. The van der Waals surface area contributed by atoms with E-state index in [-0.39, 0.29) is 17.2 Å².